The first-order chi connectivity index (χ1) is 12.3. The smallest absolute Gasteiger partial charge is 0.266 e. The Morgan fingerprint density at radius 3 is 2.62 bits per heavy atom. The Morgan fingerprint density at radius 1 is 1.19 bits per heavy atom. The molecular weight excluding hydrogens is 360 g/mol. The zero-order chi connectivity index (χ0) is 18.9. The van der Waals surface area contributed by atoms with E-state index in [2.05, 4.69) is 0 Å². The highest BCUT2D eigenvalue weighted by atomic mass is 35.5. The minimum Gasteiger partial charge on any atom is -0.475 e. The average molecular weight is 380 g/mol. The predicted molar refractivity (Wildman–Crippen MR) is 96.2 cm³/mol. The van der Waals surface area contributed by atoms with Gasteiger partial charge in [-0.25, -0.2) is 8.78 Å². The summed E-state index contributed by atoms with van der Waals surface area (Å²) >= 11 is 5.75. The van der Waals surface area contributed by atoms with Gasteiger partial charge in [-0.15, -0.1) is 0 Å². The van der Waals surface area contributed by atoms with E-state index in [-0.39, 0.29) is 28.5 Å². The van der Waals surface area contributed by atoms with Crippen LogP contribution in [0.5, 0.6) is 5.75 Å². The van der Waals surface area contributed by atoms with Crippen molar-refractivity contribution in [2.75, 3.05) is 6.54 Å². The molecule has 1 heterocycles. The number of amides is 1. The highest BCUT2D eigenvalue weighted by Crippen LogP contribution is 2.36. The number of carbonyl (C=O) groups excluding carboxylic acids is 1. The van der Waals surface area contributed by atoms with Gasteiger partial charge in [-0.2, -0.15) is 0 Å². The molecule has 3 rings (SSSR count). The number of likely N-dealkylation sites (tertiary alicyclic amines) is 1. The van der Waals surface area contributed by atoms with E-state index in [1.807, 2.05) is 0 Å². The Hall–Kier alpha value is -2.14. The van der Waals surface area contributed by atoms with Gasteiger partial charge in [0.2, 0.25) is 0 Å². The Kier molecular flexibility index (Phi) is 5.19. The van der Waals surface area contributed by atoms with Crippen molar-refractivity contribution in [2.24, 2.45) is 0 Å². The first-order valence-electron chi connectivity index (χ1n) is 8.49. The van der Waals surface area contributed by atoms with Crippen LogP contribution in [0.3, 0.4) is 0 Å². The third-order valence-electron chi connectivity index (χ3n) is 4.55. The molecule has 0 N–H and O–H groups in total. The van der Waals surface area contributed by atoms with Crippen LogP contribution < -0.4 is 4.74 Å². The largest absolute Gasteiger partial charge is 0.475 e. The third kappa shape index (κ3) is 3.68. The predicted octanol–water partition coefficient (Wildman–Crippen LogP) is 5.14. The van der Waals surface area contributed by atoms with Gasteiger partial charge in [0.25, 0.3) is 5.91 Å². The van der Waals surface area contributed by atoms with Crippen molar-refractivity contribution in [2.45, 2.75) is 38.3 Å². The van der Waals surface area contributed by atoms with Crippen LogP contribution in [0.15, 0.2) is 42.5 Å². The first-order valence-corrected chi connectivity index (χ1v) is 8.87. The van der Waals surface area contributed by atoms with Gasteiger partial charge in [-0.3, -0.25) is 4.79 Å². The van der Waals surface area contributed by atoms with Crippen molar-refractivity contribution >= 4 is 17.5 Å². The number of hydrogen-bond acceptors (Lipinski definition) is 2. The fourth-order valence-corrected chi connectivity index (χ4v) is 3.46. The summed E-state index contributed by atoms with van der Waals surface area (Å²) in [7, 11) is 0. The summed E-state index contributed by atoms with van der Waals surface area (Å²) in [5, 5.41) is 0.248. The molecule has 1 saturated heterocycles. The van der Waals surface area contributed by atoms with E-state index in [9.17, 15) is 13.6 Å². The van der Waals surface area contributed by atoms with Gasteiger partial charge in [0.05, 0.1) is 6.04 Å². The molecule has 0 radical (unpaired) electrons. The van der Waals surface area contributed by atoms with Gasteiger partial charge < -0.3 is 9.64 Å². The molecule has 0 spiro atoms. The van der Waals surface area contributed by atoms with Crippen molar-refractivity contribution in [3.05, 3.63) is 64.7 Å². The Morgan fingerprint density at radius 2 is 1.92 bits per heavy atom. The Balaban J connectivity index is 1.83. The summed E-state index contributed by atoms with van der Waals surface area (Å²) < 4.78 is 33.9. The van der Waals surface area contributed by atoms with Gasteiger partial charge in [0.15, 0.2) is 17.2 Å². The number of nitrogens with zero attached hydrogens (tertiary/aromatic N) is 1. The average Bonchev–Trinajstić information content (AvgIpc) is 3.06. The second kappa shape index (κ2) is 7.23. The molecule has 1 aliphatic heterocycles. The van der Waals surface area contributed by atoms with E-state index >= 15 is 0 Å². The van der Waals surface area contributed by atoms with Crippen LogP contribution in [-0.2, 0) is 4.79 Å². The van der Waals surface area contributed by atoms with Gasteiger partial charge in [-0.1, -0.05) is 29.8 Å². The zero-order valence-corrected chi connectivity index (χ0v) is 15.4. The SMILES string of the molecule is CC(C)(Oc1ccc(Cl)cc1F)C(=O)N1CCCC1c1ccccc1F. The van der Waals surface area contributed by atoms with Crippen LogP contribution in [0.1, 0.15) is 38.3 Å². The zero-order valence-electron chi connectivity index (χ0n) is 14.6. The highest BCUT2D eigenvalue weighted by molar-refractivity contribution is 6.30. The summed E-state index contributed by atoms with van der Waals surface area (Å²) in [5.74, 6) is -1.32. The molecule has 138 valence electrons. The van der Waals surface area contributed by atoms with E-state index in [0.717, 1.165) is 12.5 Å². The topological polar surface area (TPSA) is 29.5 Å². The van der Waals surface area contributed by atoms with E-state index in [1.165, 1.54) is 18.2 Å². The highest BCUT2D eigenvalue weighted by Gasteiger charge is 2.41. The fourth-order valence-electron chi connectivity index (χ4n) is 3.30. The number of carbonyl (C=O) groups is 1. The number of rotatable bonds is 4. The maximum Gasteiger partial charge on any atom is 0.266 e. The standard InChI is InChI=1S/C20H20ClF2NO2/c1-20(2,26-18-10-9-13(21)12-16(18)23)19(25)24-11-5-8-17(24)14-6-3-4-7-15(14)22/h3-4,6-7,9-10,12,17H,5,8,11H2,1-2H3. The molecule has 26 heavy (non-hydrogen) atoms. The molecule has 0 saturated carbocycles. The molecular formula is C20H20ClF2NO2. The summed E-state index contributed by atoms with van der Waals surface area (Å²) in [6.45, 7) is 3.67. The quantitative estimate of drug-likeness (QED) is 0.736. The van der Waals surface area contributed by atoms with Gasteiger partial charge in [0, 0.05) is 17.1 Å². The molecule has 2 aromatic carbocycles. The number of benzene rings is 2. The number of ether oxygens (including phenoxy) is 1. The van der Waals surface area contributed by atoms with Crippen molar-refractivity contribution in [1.29, 1.82) is 0 Å². The van der Waals surface area contributed by atoms with E-state index in [0.29, 0.717) is 18.5 Å². The molecule has 3 nitrogen and oxygen atoms in total. The van der Waals surface area contributed by atoms with Crippen molar-refractivity contribution in [3.63, 3.8) is 0 Å². The van der Waals surface area contributed by atoms with Crippen molar-refractivity contribution in [3.8, 4) is 5.75 Å². The fraction of sp³-hybridized carbons (Fsp3) is 0.350. The second-order valence-electron chi connectivity index (χ2n) is 6.87. The first kappa shape index (κ1) is 18.6. The molecule has 0 bridgehead atoms. The molecule has 1 aliphatic rings. The molecule has 1 atom stereocenters. The summed E-state index contributed by atoms with van der Waals surface area (Å²) in [6, 6.07) is 10.1. The lowest BCUT2D eigenvalue weighted by Crippen LogP contribution is -2.48. The van der Waals surface area contributed by atoms with Crippen LogP contribution in [0.4, 0.5) is 8.78 Å². The molecule has 2 aromatic rings. The van der Waals surface area contributed by atoms with E-state index in [4.69, 9.17) is 16.3 Å². The molecule has 1 amide bonds. The maximum atomic E-state index is 14.2. The van der Waals surface area contributed by atoms with Crippen molar-refractivity contribution in [1.82, 2.24) is 4.90 Å². The lowest BCUT2D eigenvalue weighted by Gasteiger charge is -2.33. The monoisotopic (exact) mass is 379 g/mol. The lowest BCUT2D eigenvalue weighted by molar-refractivity contribution is -0.146. The third-order valence-corrected chi connectivity index (χ3v) is 4.79. The van der Waals surface area contributed by atoms with Crippen LogP contribution in [0.25, 0.3) is 0 Å². The van der Waals surface area contributed by atoms with Crippen LogP contribution >= 0.6 is 11.6 Å². The molecule has 6 heteroatoms. The Bertz CT molecular complexity index is 825. The summed E-state index contributed by atoms with van der Waals surface area (Å²) in [5.41, 5.74) is -0.811. The normalized spacial score (nSPS) is 17.4. The second-order valence-corrected chi connectivity index (χ2v) is 7.30. The summed E-state index contributed by atoms with van der Waals surface area (Å²) in [6.07, 6.45) is 1.45. The van der Waals surface area contributed by atoms with Crippen molar-refractivity contribution < 1.29 is 18.3 Å². The van der Waals surface area contributed by atoms with Gasteiger partial charge >= 0.3 is 0 Å². The molecule has 1 fully saturated rings. The minimum atomic E-state index is -1.30. The Labute approximate surface area is 156 Å². The van der Waals surface area contributed by atoms with E-state index < -0.39 is 11.4 Å². The van der Waals surface area contributed by atoms with E-state index in [1.54, 1.807) is 36.9 Å². The molecule has 0 aromatic heterocycles. The minimum absolute atomic E-state index is 0.0469. The number of hydrogen-bond donors (Lipinski definition) is 0. The van der Waals surface area contributed by atoms with Crippen LogP contribution in [0.2, 0.25) is 5.02 Å². The lowest BCUT2D eigenvalue weighted by atomic mass is 10.0. The van der Waals surface area contributed by atoms with Gasteiger partial charge in [0.1, 0.15) is 5.82 Å². The number of halogens is 3. The maximum absolute atomic E-state index is 14.2. The van der Waals surface area contributed by atoms with Crippen LogP contribution in [-0.4, -0.2) is 23.0 Å². The van der Waals surface area contributed by atoms with Crippen LogP contribution in [0, 0.1) is 11.6 Å². The molecule has 1 unspecified atom stereocenters. The molecule has 0 aliphatic carbocycles. The van der Waals surface area contributed by atoms with Gasteiger partial charge in [-0.05, 0) is 51.0 Å². The summed E-state index contributed by atoms with van der Waals surface area (Å²) in [4.78, 5) is 14.7.